The Morgan fingerprint density at radius 3 is 2.90 bits per heavy atom. The van der Waals surface area contributed by atoms with Crippen LogP contribution in [0.15, 0.2) is 48.8 Å². The normalized spacial score (nSPS) is 24.4. The van der Waals surface area contributed by atoms with Crippen LogP contribution in [0.25, 0.3) is 5.65 Å². The van der Waals surface area contributed by atoms with Crippen LogP contribution in [0.4, 0.5) is 4.39 Å². The van der Waals surface area contributed by atoms with Gasteiger partial charge in [-0.25, -0.2) is 9.37 Å². The van der Waals surface area contributed by atoms with Crippen LogP contribution < -0.4 is 0 Å². The number of carbonyl (C=O) groups excluding carboxylic acids is 1. The smallest absolute Gasteiger partial charge is 0.228 e. The van der Waals surface area contributed by atoms with Gasteiger partial charge < -0.3 is 9.30 Å². The van der Waals surface area contributed by atoms with Crippen molar-refractivity contribution in [2.24, 2.45) is 11.8 Å². The van der Waals surface area contributed by atoms with E-state index in [-0.39, 0.29) is 17.8 Å². The van der Waals surface area contributed by atoms with Crippen molar-refractivity contribution in [2.75, 3.05) is 26.7 Å². The number of fused-ring (bicyclic) bond motifs is 2. The van der Waals surface area contributed by atoms with Gasteiger partial charge in [-0.2, -0.15) is 0 Å². The van der Waals surface area contributed by atoms with E-state index in [0.29, 0.717) is 18.3 Å². The Morgan fingerprint density at radius 2 is 2.07 bits per heavy atom. The van der Waals surface area contributed by atoms with Gasteiger partial charge in [0.15, 0.2) is 0 Å². The zero-order valence-corrected chi connectivity index (χ0v) is 16.8. The maximum atomic E-state index is 13.8. The Bertz CT molecular complexity index is 1080. The molecule has 0 bridgehead atoms. The second kappa shape index (κ2) is 6.95. The van der Waals surface area contributed by atoms with E-state index in [0.717, 1.165) is 42.1 Å². The van der Waals surface area contributed by atoms with Gasteiger partial charge in [-0.05, 0) is 49.2 Å². The van der Waals surface area contributed by atoms with Gasteiger partial charge in [-0.15, -0.1) is 0 Å². The first-order valence-corrected chi connectivity index (χ1v) is 10.2. The Balaban J connectivity index is 1.34. The number of aryl methyl sites for hydroxylation is 1. The third-order valence-corrected chi connectivity index (χ3v) is 6.58. The molecule has 0 radical (unpaired) electrons. The summed E-state index contributed by atoms with van der Waals surface area (Å²) in [4.78, 5) is 21.8. The number of carbonyl (C=O) groups is 1. The number of pyridine rings is 1. The van der Waals surface area contributed by atoms with Crippen molar-refractivity contribution in [3.05, 3.63) is 71.4 Å². The second-order valence-corrected chi connectivity index (χ2v) is 8.47. The summed E-state index contributed by atoms with van der Waals surface area (Å²) < 4.78 is 15.8. The molecule has 29 heavy (non-hydrogen) atoms. The third-order valence-electron chi connectivity index (χ3n) is 6.58. The zero-order chi connectivity index (χ0) is 20.1. The molecule has 0 N–H and O–H groups in total. The van der Waals surface area contributed by atoms with E-state index in [1.165, 1.54) is 6.07 Å². The molecular formula is C23H25FN4O. The predicted molar refractivity (Wildman–Crippen MR) is 109 cm³/mol. The summed E-state index contributed by atoms with van der Waals surface area (Å²) in [7, 11) is 2.10. The average molecular weight is 392 g/mol. The summed E-state index contributed by atoms with van der Waals surface area (Å²) in [5.74, 6) is 0.716. The first-order valence-electron chi connectivity index (χ1n) is 10.2. The monoisotopic (exact) mass is 392 g/mol. The van der Waals surface area contributed by atoms with Crippen molar-refractivity contribution in [1.82, 2.24) is 19.2 Å². The maximum Gasteiger partial charge on any atom is 0.228 e. The van der Waals surface area contributed by atoms with E-state index >= 15 is 0 Å². The largest absolute Gasteiger partial charge is 0.342 e. The lowest BCUT2D eigenvalue weighted by Crippen LogP contribution is -2.34. The van der Waals surface area contributed by atoms with Gasteiger partial charge in [0.25, 0.3) is 0 Å². The van der Waals surface area contributed by atoms with E-state index in [1.807, 2.05) is 40.6 Å². The molecule has 150 valence electrons. The number of halogens is 1. The molecule has 3 atom stereocenters. The number of nitrogens with zero attached hydrogens (tertiary/aromatic N) is 4. The number of benzene rings is 1. The van der Waals surface area contributed by atoms with Gasteiger partial charge in [-0.1, -0.05) is 18.2 Å². The van der Waals surface area contributed by atoms with Crippen LogP contribution in [0.5, 0.6) is 0 Å². The summed E-state index contributed by atoms with van der Waals surface area (Å²) >= 11 is 0. The summed E-state index contributed by atoms with van der Waals surface area (Å²) in [6.07, 6.45) is 4.12. The molecule has 5 nitrogen and oxygen atoms in total. The van der Waals surface area contributed by atoms with Gasteiger partial charge >= 0.3 is 0 Å². The first-order chi connectivity index (χ1) is 14.0. The lowest BCUT2D eigenvalue weighted by molar-refractivity contribution is -0.129. The van der Waals surface area contributed by atoms with Crippen molar-refractivity contribution < 1.29 is 9.18 Å². The van der Waals surface area contributed by atoms with Crippen LogP contribution in [-0.2, 0) is 11.2 Å². The van der Waals surface area contributed by atoms with Crippen LogP contribution in [0.2, 0.25) is 0 Å². The number of hydrogen-bond acceptors (Lipinski definition) is 3. The molecule has 1 amide bonds. The SMILES string of the molecule is Cc1cccn2c(CC(=O)N3C[C@@H]4CN(C)[C@@H](c5cccc(F)c5)[C@@H]4C3)cnc12. The zero-order valence-electron chi connectivity index (χ0n) is 16.8. The van der Waals surface area contributed by atoms with Crippen LogP contribution in [0.1, 0.15) is 22.9 Å². The van der Waals surface area contributed by atoms with E-state index in [2.05, 4.69) is 16.9 Å². The van der Waals surface area contributed by atoms with Crippen molar-refractivity contribution in [3.63, 3.8) is 0 Å². The number of imidazole rings is 1. The minimum atomic E-state index is -0.201. The Hall–Kier alpha value is -2.73. The van der Waals surface area contributed by atoms with Gasteiger partial charge in [0.1, 0.15) is 11.5 Å². The highest BCUT2D eigenvalue weighted by Crippen LogP contribution is 2.44. The average Bonchev–Trinajstić information content (AvgIpc) is 3.35. The van der Waals surface area contributed by atoms with Crippen LogP contribution >= 0.6 is 0 Å². The fourth-order valence-corrected chi connectivity index (χ4v) is 5.25. The highest BCUT2D eigenvalue weighted by atomic mass is 19.1. The maximum absolute atomic E-state index is 13.8. The van der Waals surface area contributed by atoms with E-state index in [1.54, 1.807) is 18.3 Å². The lowest BCUT2D eigenvalue weighted by atomic mass is 9.89. The van der Waals surface area contributed by atoms with E-state index < -0.39 is 0 Å². The molecule has 4 heterocycles. The minimum Gasteiger partial charge on any atom is -0.342 e. The molecule has 6 heteroatoms. The van der Waals surface area contributed by atoms with E-state index in [4.69, 9.17) is 0 Å². The highest BCUT2D eigenvalue weighted by Gasteiger charge is 2.47. The Labute approximate surface area is 169 Å². The standard InChI is InChI=1S/C23H25FN4O/c1-15-5-4-8-28-19(11-25-23(15)28)10-21(29)27-13-17-12-26(2)22(20(17)14-27)16-6-3-7-18(24)9-16/h3-9,11,17,20,22H,10,12-14H2,1-2H3/t17-,20+,22-/m0/s1. The van der Waals surface area contributed by atoms with Crippen molar-refractivity contribution in [3.8, 4) is 0 Å². The molecule has 1 aromatic carbocycles. The van der Waals surface area contributed by atoms with Gasteiger partial charge in [0.2, 0.25) is 5.91 Å². The third kappa shape index (κ3) is 3.12. The molecule has 2 aliphatic rings. The van der Waals surface area contributed by atoms with Gasteiger partial charge in [0, 0.05) is 44.0 Å². The molecule has 3 aromatic rings. The number of hydrogen-bond donors (Lipinski definition) is 0. The Morgan fingerprint density at radius 1 is 1.21 bits per heavy atom. The summed E-state index contributed by atoms with van der Waals surface area (Å²) in [5, 5.41) is 0. The van der Waals surface area contributed by atoms with Gasteiger partial charge in [-0.3, -0.25) is 9.69 Å². The molecule has 0 unspecified atom stereocenters. The summed E-state index contributed by atoms with van der Waals surface area (Å²) in [6.45, 7) is 4.46. The Kier molecular flexibility index (Phi) is 4.39. The predicted octanol–water partition coefficient (Wildman–Crippen LogP) is 3.09. The number of likely N-dealkylation sites (tertiary alicyclic amines) is 2. The van der Waals surface area contributed by atoms with Crippen LogP contribution in [-0.4, -0.2) is 51.8 Å². The van der Waals surface area contributed by atoms with Crippen molar-refractivity contribution in [2.45, 2.75) is 19.4 Å². The molecule has 2 aromatic heterocycles. The number of aromatic nitrogens is 2. The van der Waals surface area contributed by atoms with Crippen LogP contribution in [0.3, 0.4) is 0 Å². The fraction of sp³-hybridized carbons (Fsp3) is 0.391. The van der Waals surface area contributed by atoms with Crippen molar-refractivity contribution >= 4 is 11.6 Å². The van der Waals surface area contributed by atoms with E-state index in [9.17, 15) is 9.18 Å². The second-order valence-electron chi connectivity index (χ2n) is 8.47. The fourth-order valence-electron chi connectivity index (χ4n) is 5.25. The summed E-state index contributed by atoms with van der Waals surface area (Å²) in [6, 6.07) is 11.1. The molecule has 0 saturated carbocycles. The molecule has 2 aliphatic heterocycles. The molecule has 2 saturated heterocycles. The van der Waals surface area contributed by atoms with Gasteiger partial charge in [0.05, 0.1) is 12.1 Å². The molecular weight excluding hydrogens is 367 g/mol. The topological polar surface area (TPSA) is 40.9 Å². The molecule has 2 fully saturated rings. The minimum absolute atomic E-state index is 0.142. The summed E-state index contributed by atoms with van der Waals surface area (Å²) in [5.41, 5.74) is 3.93. The van der Waals surface area contributed by atoms with Crippen molar-refractivity contribution in [1.29, 1.82) is 0 Å². The highest BCUT2D eigenvalue weighted by molar-refractivity contribution is 5.79. The first kappa shape index (κ1) is 18.3. The lowest BCUT2D eigenvalue weighted by Gasteiger charge is -2.27. The van der Waals surface area contributed by atoms with Crippen LogP contribution in [0, 0.1) is 24.6 Å². The number of rotatable bonds is 3. The molecule has 5 rings (SSSR count). The molecule has 0 aliphatic carbocycles. The quantitative estimate of drug-likeness (QED) is 0.688. The number of amides is 1. The molecule has 0 spiro atoms.